The summed E-state index contributed by atoms with van der Waals surface area (Å²) >= 11 is 0. The molecule has 114 valence electrons. The molecule has 0 fully saturated rings. The van der Waals surface area contributed by atoms with Gasteiger partial charge in [-0.05, 0) is 26.7 Å². The summed E-state index contributed by atoms with van der Waals surface area (Å²) in [6, 6.07) is 0. The fourth-order valence-corrected chi connectivity index (χ4v) is 2.22. The van der Waals surface area contributed by atoms with E-state index in [9.17, 15) is 5.11 Å². The Bertz CT molecular complexity index is 432. The molecule has 3 N–H and O–H groups in total. The van der Waals surface area contributed by atoms with Crippen LogP contribution >= 0.6 is 0 Å². The van der Waals surface area contributed by atoms with Crippen LogP contribution in [0.3, 0.4) is 0 Å². The topological polar surface area (TPSA) is 70.1 Å². The number of hydrogen-bond donors (Lipinski definition) is 3. The summed E-state index contributed by atoms with van der Waals surface area (Å²) < 4.78 is 0. The third-order valence-corrected chi connectivity index (χ3v) is 3.33. The summed E-state index contributed by atoms with van der Waals surface area (Å²) in [7, 11) is 1.86. The zero-order valence-electron chi connectivity index (χ0n) is 13.4. The van der Waals surface area contributed by atoms with Crippen LogP contribution in [0.25, 0.3) is 0 Å². The molecule has 0 radical (unpaired) electrons. The highest BCUT2D eigenvalue weighted by atomic mass is 16.3. The molecular formula is C15H28N4O. The van der Waals surface area contributed by atoms with E-state index in [1.54, 1.807) is 0 Å². The first-order valence-corrected chi connectivity index (χ1v) is 7.45. The monoisotopic (exact) mass is 280 g/mol. The van der Waals surface area contributed by atoms with Gasteiger partial charge in [0.15, 0.2) is 0 Å². The highest BCUT2D eigenvalue weighted by Crippen LogP contribution is 2.21. The van der Waals surface area contributed by atoms with Gasteiger partial charge < -0.3 is 15.7 Å². The highest BCUT2D eigenvalue weighted by Gasteiger charge is 2.20. The maximum absolute atomic E-state index is 10.2. The number of rotatable bonds is 8. The molecule has 0 saturated heterocycles. The Morgan fingerprint density at radius 1 is 1.15 bits per heavy atom. The third-order valence-electron chi connectivity index (χ3n) is 3.33. The zero-order valence-corrected chi connectivity index (χ0v) is 13.4. The Balaban J connectivity index is 2.90. The van der Waals surface area contributed by atoms with Gasteiger partial charge in [0.2, 0.25) is 0 Å². The van der Waals surface area contributed by atoms with Gasteiger partial charge in [0.05, 0.1) is 5.60 Å². The SMILES string of the molecule is CCCc1nc(NC)c(C)c(NCC(C)(O)CCC)n1. The number of aryl methyl sites for hydroxylation is 1. The Morgan fingerprint density at radius 2 is 1.80 bits per heavy atom. The van der Waals surface area contributed by atoms with Crippen LogP contribution in [-0.4, -0.2) is 34.3 Å². The molecule has 5 heteroatoms. The lowest BCUT2D eigenvalue weighted by Gasteiger charge is -2.24. The molecule has 1 heterocycles. The number of hydrogen-bond acceptors (Lipinski definition) is 5. The van der Waals surface area contributed by atoms with Crippen LogP contribution in [0, 0.1) is 6.92 Å². The quantitative estimate of drug-likeness (QED) is 0.683. The van der Waals surface area contributed by atoms with E-state index in [4.69, 9.17) is 0 Å². The minimum atomic E-state index is -0.711. The van der Waals surface area contributed by atoms with Crippen LogP contribution in [0.4, 0.5) is 11.6 Å². The Hall–Kier alpha value is -1.36. The summed E-state index contributed by atoms with van der Waals surface area (Å²) in [6.07, 6.45) is 3.60. The lowest BCUT2D eigenvalue weighted by atomic mass is 10.0. The largest absolute Gasteiger partial charge is 0.388 e. The fourth-order valence-electron chi connectivity index (χ4n) is 2.22. The van der Waals surface area contributed by atoms with Crippen LogP contribution in [0.15, 0.2) is 0 Å². The lowest BCUT2D eigenvalue weighted by Crippen LogP contribution is -2.33. The molecule has 0 amide bonds. The van der Waals surface area contributed by atoms with Crippen molar-refractivity contribution >= 4 is 11.6 Å². The molecule has 0 aliphatic heterocycles. The van der Waals surface area contributed by atoms with E-state index in [0.29, 0.717) is 6.54 Å². The summed E-state index contributed by atoms with van der Waals surface area (Å²) in [5.41, 5.74) is 0.274. The second-order valence-electron chi connectivity index (χ2n) is 5.56. The maximum atomic E-state index is 10.2. The van der Waals surface area contributed by atoms with Crippen molar-refractivity contribution in [2.24, 2.45) is 0 Å². The van der Waals surface area contributed by atoms with E-state index < -0.39 is 5.60 Å². The van der Waals surface area contributed by atoms with Crippen molar-refractivity contribution in [3.63, 3.8) is 0 Å². The first-order valence-electron chi connectivity index (χ1n) is 7.45. The van der Waals surface area contributed by atoms with Crippen molar-refractivity contribution in [2.45, 2.75) is 59.0 Å². The normalized spacial score (nSPS) is 13.9. The zero-order chi connectivity index (χ0) is 15.2. The van der Waals surface area contributed by atoms with Crippen molar-refractivity contribution in [1.82, 2.24) is 9.97 Å². The van der Waals surface area contributed by atoms with Gasteiger partial charge in [-0.15, -0.1) is 0 Å². The predicted molar refractivity (Wildman–Crippen MR) is 84.3 cm³/mol. The summed E-state index contributed by atoms with van der Waals surface area (Å²) in [5, 5.41) is 16.6. The first kappa shape index (κ1) is 16.7. The third kappa shape index (κ3) is 4.63. The van der Waals surface area contributed by atoms with Crippen LogP contribution in [0.5, 0.6) is 0 Å². The number of aliphatic hydroxyl groups is 1. The van der Waals surface area contributed by atoms with E-state index in [0.717, 1.165) is 48.7 Å². The number of aromatic nitrogens is 2. The number of nitrogens with one attached hydrogen (secondary N) is 2. The maximum Gasteiger partial charge on any atom is 0.134 e. The van der Waals surface area contributed by atoms with Gasteiger partial charge in [-0.25, -0.2) is 9.97 Å². The Kier molecular flexibility index (Phi) is 6.20. The van der Waals surface area contributed by atoms with E-state index in [-0.39, 0.29) is 0 Å². The van der Waals surface area contributed by atoms with Gasteiger partial charge >= 0.3 is 0 Å². The highest BCUT2D eigenvalue weighted by molar-refractivity contribution is 5.57. The molecule has 0 aliphatic rings. The van der Waals surface area contributed by atoms with E-state index in [2.05, 4.69) is 34.4 Å². The van der Waals surface area contributed by atoms with Crippen LogP contribution in [0.2, 0.25) is 0 Å². The molecule has 1 atom stereocenters. The summed E-state index contributed by atoms with van der Waals surface area (Å²) in [5.74, 6) is 2.49. The van der Waals surface area contributed by atoms with Gasteiger partial charge in [-0.1, -0.05) is 20.3 Å². The smallest absolute Gasteiger partial charge is 0.134 e. The van der Waals surface area contributed by atoms with Gasteiger partial charge in [0.1, 0.15) is 17.5 Å². The minimum Gasteiger partial charge on any atom is -0.388 e. The molecule has 0 saturated carbocycles. The summed E-state index contributed by atoms with van der Waals surface area (Å²) in [4.78, 5) is 9.06. The van der Waals surface area contributed by atoms with Gasteiger partial charge in [0, 0.05) is 25.6 Å². The average molecular weight is 280 g/mol. The Labute approximate surface area is 122 Å². The second-order valence-corrected chi connectivity index (χ2v) is 5.56. The molecule has 1 aromatic heterocycles. The van der Waals surface area contributed by atoms with E-state index in [1.165, 1.54) is 0 Å². The van der Waals surface area contributed by atoms with Crippen molar-refractivity contribution in [1.29, 1.82) is 0 Å². The molecule has 1 aromatic rings. The molecule has 20 heavy (non-hydrogen) atoms. The van der Waals surface area contributed by atoms with Gasteiger partial charge in [-0.2, -0.15) is 0 Å². The van der Waals surface area contributed by atoms with Crippen molar-refractivity contribution in [3.05, 3.63) is 11.4 Å². The molecule has 0 spiro atoms. The lowest BCUT2D eigenvalue weighted by molar-refractivity contribution is 0.0636. The van der Waals surface area contributed by atoms with Gasteiger partial charge in [-0.3, -0.25) is 0 Å². The van der Waals surface area contributed by atoms with Crippen LogP contribution in [-0.2, 0) is 6.42 Å². The average Bonchev–Trinajstić information content (AvgIpc) is 2.39. The van der Waals surface area contributed by atoms with Crippen molar-refractivity contribution in [3.8, 4) is 0 Å². The predicted octanol–water partition coefficient (Wildman–Crippen LogP) is 2.74. The van der Waals surface area contributed by atoms with Crippen molar-refractivity contribution in [2.75, 3.05) is 24.2 Å². The first-order chi connectivity index (χ1) is 9.43. The molecule has 0 aromatic carbocycles. The van der Waals surface area contributed by atoms with Crippen LogP contribution < -0.4 is 10.6 Å². The molecule has 0 bridgehead atoms. The van der Waals surface area contributed by atoms with Gasteiger partial charge in [0.25, 0.3) is 0 Å². The molecule has 5 nitrogen and oxygen atoms in total. The molecule has 1 unspecified atom stereocenters. The van der Waals surface area contributed by atoms with E-state index >= 15 is 0 Å². The standard InChI is InChI=1S/C15H28N4O/c1-6-8-12-18-13(16-5)11(3)14(19-12)17-10-15(4,20)9-7-2/h20H,6-10H2,1-5H3,(H2,16,17,18,19). The molecule has 0 aliphatic carbocycles. The van der Waals surface area contributed by atoms with Crippen molar-refractivity contribution < 1.29 is 5.11 Å². The fraction of sp³-hybridized carbons (Fsp3) is 0.733. The second kappa shape index (κ2) is 7.43. The number of nitrogens with zero attached hydrogens (tertiary/aromatic N) is 2. The minimum absolute atomic E-state index is 0.493. The van der Waals surface area contributed by atoms with E-state index in [1.807, 2.05) is 20.9 Å². The molecular weight excluding hydrogens is 252 g/mol. The molecule has 1 rings (SSSR count). The number of anilines is 2. The van der Waals surface area contributed by atoms with Crippen LogP contribution in [0.1, 0.15) is 51.4 Å². The Morgan fingerprint density at radius 3 is 2.35 bits per heavy atom. The summed E-state index contributed by atoms with van der Waals surface area (Å²) in [6.45, 7) is 8.52.